The molecule has 5 nitrogen and oxygen atoms in total. The summed E-state index contributed by atoms with van der Waals surface area (Å²) in [5.74, 6) is -0.825. The second kappa shape index (κ2) is 7.25. The van der Waals surface area contributed by atoms with Gasteiger partial charge in [-0.2, -0.15) is 5.26 Å². The number of halogens is 1. The van der Waals surface area contributed by atoms with Crippen LogP contribution in [0.25, 0.3) is 0 Å². The Morgan fingerprint density at radius 1 is 1.00 bits per heavy atom. The summed E-state index contributed by atoms with van der Waals surface area (Å²) in [4.78, 5) is 23.7. The topological polar surface area (TPSA) is 82.0 Å². The minimum absolute atomic E-state index is 0.257. The lowest BCUT2D eigenvalue weighted by Gasteiger charge is -2.12. The fourth-order valence-corrected chi connectivity index (χ4v) is 2.02. The Bertz CT molecular complexity index is 753. The van der Waals surface area contributed by atoms with Crippen LogP contribution in [0.5, 0.6) is 0 Å². The largest absolute Gasteiger partial charge is 0.323 e. The van der Waals surface area contributed by atoms with Crippen molar-refractivity contribution >= 4 is 34.8 Å². The van der Waals surface area contributed by atoms with Crippen LogP contribution in [-0.2, 0) is 4.79 Å². The number of anilines is 2. The Hall–Kier alpha value is -2.84. The van der Waals surface area contributed by atoms with Crippen LogP contribution in [0.15, 0.2) is 48.5 Å². The lowest BCUT2D eigenvalue weighted by atomic mass is 10.2. The first-order chi connectivity index (χ1) is 10.6. The van der Waals surface area contributed by atoms with E-state index in [2.05, 4.69) is 10.6 Å². The third-order valence-electron chi connectivity index (χ3n) is 2.81. The van der Waals surface area contributed by atoms with Gasteiger partial charge >= 0.3 is 0 Å². The molecular weight excluding hydrogens is 302 g/mol. The number of hydrogen-bond acceptors (Lipinski definition) is 3. The maximum Gasteiger partial charge on any atom is 0.257 e. The summed E-state index contributed by atoms with van der Waals surface area (Å²) in [7, 11) is 0. The average Bonchev–Trinajstić information content (AvgIpc) is 2.50. The van der Waals surface area contributed by atoms with Crippen LogP contribution < -0.4 is 10.6 Å². The third kappa shape index (κ3) is 3.84. The van der Waals surface area contributed by atoms with E-state index in [1.165, 1.54) is 0 Å². The van der Waals surface area contributed by atoms with Gasteiger partial charge in [-0.1, -0.05) is 35.9 Å². The molecule has 0 heterocycles. The summed E-state index contributed by atoms with van der Waals surface area (Å²) < 4.78 is 0. The monoisotopic (exact) mass is 313 g/mol. The number of hydrogen-bond donors (Lipinski definition) is 2. The van der Waals surface area contributed by atoms with E-state index >= 15 is 0 Å². The molecule has 0 saturated heterocycles. The van der Waals surface area contributed by atoms with Gasteiger partial charge in [-0.15, -0.1) is 0 Å². The van der Waals surface area contributed by atoms with Crippen molar-refractivity contribution in [3.63, 3.8) is 0 Å². The maximum atomic E-state index is 12.2. The Morgan fingerprint density at radius 3 is 2.23 bits per heavy atom. The zero-order chi connectivity index (χ0) is 15.9. The van der Waals surface area contributed by atoms with E-state index in [0.29, 0.717) is 22.0 Å². The zero-order valence-electron chi connectivity index (χ0n) is 11.5. The van der Waals surface area contributed by atoms with Gasteiger partial charge in [0.25, 0.3) is 5.91 Å². The number of amides is 2. The fourth-order valence-electron chi connectivity index (χ4n) is 1.80. The lowest BCUT2D eigenvalue weighted by molar-refractivity contribution is -0.115. The summed E-state index contributed by atoms with van der Waals surface area (Å²) in [5.41, 5.74) is 1.18. The van der Waals surface area contributed by atoms with Crippen LogP contribution in [0.3, 0.4) is 0 Å². The Morgan fingerprint density at radius 2 is 1.59 bits per heavy atom. The fraction of sp³-hybridized carbons (Fsp3) is 0.0625. The van der Waals surface area contributed by atoms with Crippen molar-refractivity contribution in [3.8, 4) is 6.07 Å². The van der Waals surface area contributed by atoms with Gasteiger partial charge in [0.05, 0.1) is 28.0 Å². The number of rotatable bonds is 4. The Balaban J connectivity index is 2.20. The molecule has 0 fully saturated rings. The van der Waals surface area contributed by atoms with Crippen molar-refractivity contribution < 1.29 is 9.59 Å². The molecule has 0 radical (unpaired) electrons. The lowest BCUT2D eigenvalue weighted by Crippen LogP contribution is -2.16. The van der Waals surface area contributed by atoms with Crippen LogP contribution in [0.2, 0.25) is 5.02 Å². The molecule has 0 unspecified atom stereocenters. The van der Waals surface area contributed by atoms with Gasteiger partial charge in [-0.25, -0.2) is 0 Å². The minimum atomic E-state index is -0.443. The van der Waals surface area contributed by atoms with Crippen molar-refractivity contribution in [2.24, 2.45) is 0 Å². The highest BCUT2D eigenvalue weighted by molar-refractivity contribution is 6.34. The summed E-state index contributed by atoms with van der Waals surface area (Å²) in [6.45, 7) is 0. The van der Waals surface area contributed by atoms with Gasteiger partial charge in [-0.3, -0.25) is 9.59 Å². The molecule has 0 aromatic heterocycles. The van der Waals surface area contributed by atoms with Crippen molar-refractivity contribution in [2.75, 3.05) is 10.6 Å². The normalized spacial score (nSPS) is 9.64. The van der Waals surface area contributed by atoms with E-state index in [0.717, 1.165) is 0 Å². The summed E-state index contributed by atoms with van der Waals surface area (Å²) in [5, 5.41) is 14.1. The number of nitrogens with one attached hydrogen (secondary N) is 2. The van der Waals surface area contributed by atoms with Crippen LogP contribution in [0.4, 0.5) is 11.4 Å². The number of para-hydroxylation sites is 2. The molecule has 22 heavy (non-hydrogen) atoms. The molecule has 0 aliphatic heterocycles. The molecule has 6 heteroatoms. The minimum Gasteiger partial charge on any atom is -0.323 e. The Kier molecular flexibility index (Phi) is 5.12. The molecule has 0 aliphatic rings. The van der Waals surface area contributed by atoms with Gasteiger partial charge in [0.15, 0.2) is 0 Å². The highest BCUT2D eigenvalue weighted by atomic mass is 35.5. The second-order valence-corrected chi connectivity index (χ2v) is 4.77. The molecule has 2 rings (SSSR count). The smallest absolute Gasteiger partial charge is 0.257 e. The number of nitriles is 1. The standard InChI is InChI=1S/C16H12ClN3O2/c17-12-6-2-1-5-11(12)16(22)20-14-8-4-3-7-13(14)19-15(21)9-10-18/h1-8H,9H2,(H,19,21)(H,20,22). The first-order valence-electron chi connectivity index (χ1n) is 6.43. The highest BCUT2D eigenvalue weighted by Gasteiger charge is 2.12. The van der Waals surface area contributed by atoms with E-state index in [4.69, 9.17) is 16.9 Å². The molecule has 2 aromatic carbocycles. The van der Waals surface area contributed by atoms with E-state index in [1.807, 2.05) is 0 Å². The predicted molar refractivity (Wildman–Crippen MR) is 84.7 cm³/mol. The van der Waals surface area contributed by atoms with Crippen molar-refractivity contribution in [1.82, 2.24) is 0 Å². The molecule has 2 aromatic rings. The van der Waals surface area contributed by atoms with Gasteiger partial charge in [0.1, 0.15) is 6.42 Å². The molecule has 110 valence electrons. The van der Waals surface area contributed by atoms with Crippen molar-refractivity contribution in [2.45, 2.75) is 6.42 Å². The highest BCUT2D eigenvalue weighted by Crippen LogP contribution is 2.23. The first-order valence-corrected chi connectivity index (χ1v) is 6.81. The zero-order valence-corrected chi connectivity index (χ0v) is 12.2. The first kappa shape index (κ1) is 15.5. The van der Waals surface area contributed by atoms with Gasteiger partial charge in [0.2, 0.25) is 5.91 Å². The second-order valence-electron chi connectivity index (χ2n) is 4.36. The molecular formula is C16H12ClN3O2. The number of carbonyl (C=O) groups excluding carboxylic acids is 2. The van der Waals surface area contributed by atoms with E-state index in [9.17, 15) is 9.59 Å². The summed E-state index contributed by atoms with van der Waals surface area (Å²) >= 11 is 5.98. The van der Waals surface area contributed by atoms with E-state index in [1.54, 1.807) is 54.6 Å². The van der Waals surface area contributed by atoms with Crippen LogP contribution in [0, 0.1) is 11.3 Å². The van der Waals surface area contributed by atoms with Crippen LogP contribution in [-0.4, -0.2) is 11.8 Å². The maximum absolute atomic E-state index is 12.2. The third-order valence-corrected chi connectivity index (χ3v) is 3.14. The van der Waals surface area contributed by atoms with Gasteiger partial charge < -0.3 is 10.6 Å². The quantitative estimate of drug-likeness (QED) is 0.907. The number of carbonyl (C=O) groups is 2. The molecule has 0 saturated carbocycles. The van der Waals surface area contributed by atoms with Crippen LogP contribution >= 0.6 is 11.6 Å². The SMILES string of the molecule is N#CCC(=O)Nc1ccccc1NC(=O)c1ccccc1Cl. The van der Waals surface area contributed by atoms with E-state index in [-0.39, 0.29) is 12.3 Å². The van der Waals surface area contributed by atoms with Gasteiger partial charge in [0, 0.05) is 0 Å². The van der Waals surface area contributed by atoms with Crippen molar-refractivity contribution in [3.05, 3.63) is 59.1 Å². The average molecular weight is 314 g/mol. The van der Waals surface area contributed by atoms with Crippen LogP contribution in [0.1, 0.15) is 16.8 Å². The predicted octanol–water partition coefficient (Wildman–Crippen LogP) is 3.44. The molecule has 0 aliphatic carbocycles. The van der Waals surface area contributed by atoms with Gasteiger partial charge in [-0.05, 0) is 24.3 Å². The molecule has 2 N–H and O–H groups in total. The molecule has 0 atom stereocenters. The van der Waals surface area contributed by atoms with E-state index < -0.39 is 5.91 Å². The Labute approximate surface area is 132 Å². The molecule has 2 amide bonds. The summed E-state index contributed by atoms with van der Waals surface area (Å²) in [6, 6.07) is 15.2. The molecule has 0 bridgehead atoms. The number of benzene rings is 2. The molecule has 0 spiro atoms. The number of nitrogens with zero attached hydrogens (tertiary/aromatic N) is 1. The summed E-state index contributed by atoms with van der Waals surface area (Å²) in [6.07, 6.45) is -0.257. The van der Waals surface area contributed by atoms with Crippen molar-refractivity contribution in [1.29, 1.82) is 5.26 Å².